The monoisotopic (exact) mass is 308 g/mol. The van der Waals surface area contributed by atoms with Gasteiger partial charge in [-0.2, -0.15) is 0 Å². The van der Waals surface area contributed by atoms with Crippen molar-refractivity contribution in [2.45, 2.75) is 38.3 Å². The minimum absolute atomic E-state index is 0.0941. The zero-order chi connectivity index (χ0) is 15.6. The van der Waals surface area contributed by atoms with Crippen molar-refractivity contribution >= 4 is 5.91 Å². The molecule has 2 fully saturated rings. The van der Waals surface area contributed by atoms with Crippen LogP contribution in [0.2, 0.25) is 0 Å². The van der Waals surface area contributed by atoms with E-state index in [1.54, 1.807) is 4.68 Å². The van der Waals surface area contributed by atoms with Gasteiger partial charge < -0.3 is 9.64 Å². The number of aryl methyl sites for hydroxylation is 2. The van der Waals surface area contributed by atoms with Gasteiger partial charge in [-0.05, 0) is 37.2 Å². The second kappa shape index (κ2) is 6.29. The third-order valence-corrected chi connectivity index (χ3v) is 5.02. The van der Waals surface area contributed by atoms with Crippen molar-refractivity contribution in [1.29, 1.82) is 0 Å². The molecule has 122 valence electrons. The van der Waals surface area contributed by atoms with E-state index in [0.29, 0.717) is 13.0 Å². The second-order valence-corrected chi connectivity index (χ2v) is 6.27. The summed E-state index contributed by atoms with van der Waals surface area (Å²) in [6.45, 7) is 6.49. The molecule has 8 nitrogen and oxygen atoms in total. The molecule has 0 unspecified atom stereocenters. The van der Waals surface area contributed by atoms with E-state index in [1.807, 2.05) is 11.8 Å². The van der Waals surface area contributed by atoms with Crippen LogP contribution in [0.4, 0.5) is 0 Å². The summed E-state index contributed by atoms with van der Waals surface area (Å²) in [6, 6.07) is 0. The molecule has 0 bridgehead atoms. The van der Waals surface area contributed by atoms with E-state index in [4.69, 9.17) is 4.74 Å². The van der Waals surface area contributed by atoms with Gasteiger partial charge in [0.15, 0.2) is 0 Å². The molecule has 0 atom stereocenters. The van der Waals surface area contributed by atoms with Gasteiger partial charge in [0.2, 0.25) is 5.91 Å². The minimum Gasteiger partial charge on any atom is -0.381 e. The number of likely N-dealkylation sites (N-methyl/N-ethyl adjacent to an activating group) is 1. The Morgan fingerprint density at radius 3 is 2.77 bits per heavy atom. The van der Waals surface area contributed by atoms with Crippen LogP contribution in [0.1, 0.15) is 25.1 Å². The summed E-state index contributed by atoms with van der Waals surface area (Å²) >= 11 is 0. The standard InChI is InChI=1S/C14H24N6O2/c1-12-15-16-17-20(12)6-3-13(21)19-8-7-18(2)14(11-19)4-9-22-10-5-14/h3-11H2,1-2H3. The summed E-state index contributed by atoms with van der Waals surface area (Å²) < 4.78 is 7.17. The van der Waals surface area contributed by atoms with Gasteiger partial charge in [-0.15, -0.1) is 5.10 Å². The van der Waals surface area contributed by atoms with Crippen molar-refractivity contribution < 1.29 is 9.53 Å². The molecule has 0 N–H and O–H groups in total. The highest BCUT2D eigenvalue weighted by molar-refractivity contribution is 5.76. The Balaban J connectivity index is 1.59. The molecular weight excluding hydrogens is 284 g/mol. The Morgan fingerprint density at radius 2 is 2.09 bits per heavy atom. The number of hydrogen-bond donors (Lipinski definition) is 0. The number of ether oxygens (including phenoxy) is 1. The highest BCUT2D eigenvalue weighted by Gasteiger charge is 2.42. The Hall–Kier alpha value is -1.54. The highest BCUT2D eigenvalue weighted by atomic mass is 16.5. The van der Waals surface area contributed by atoms with Crippen LogP contribution in [-0.2, 0) is 16.1 Å². The molecule has 2 aliphatic rings. The normalized spacial score (nSPS) is 22.2. The quantitative estimate of drug-likeness (QED) is 0.763. The first-order valence-corrected chi connectivity index (χ1v) is 7.90. The summed E-state index contributed by atoms with van der Waals surface area (Å²) in [7, 11) is 2.16. The van der Waals surface area contributed by atoms with Gasteiger partial charge in [0, 0.05) is 44.8 Å². The molecule has 2 aliphatic heterocycles. The molecule has 1 aromatic heterocycles. The van der Waals surface area contributed by atoms with Crippen LogP contribution in [0.5, 0.6) is 0 Å². The fourth-order valence-electron chi connectivity index (χ4n) is 3.38. The molecule has 8 heteroatoms. The predicted molar refractivity (Wildman–Crippen MR) is 79.2 cm³/mol. The van der Waals surface area contributed by atoms with Gasteiger partial charge in [-0.1, -0.05) is 0 Å². The predicted octanol–water partition coefficient (Wildman–Crippen LogP) is -0.305. The summed E-state index contributed by atoms with van der Waals surface area (Å²) in [4.78, 5) is 16.9. The van der Waals surface area contributed by atoms with Crippen LogP contribution in [0.25, 0.3) is 0 Å². The maximum atomic E-state index is 12.5. The zero-order valence-corrected chi connectivity index (χ0v) is 13.4. The van der Waals surface area contributed by atoms with Crippen LogP contribution in [-0.4, -0.2) is 81.3 Å². The first-order chi connectivity index (χ1) is 10.6. The second-order valence-electron chi connectivity index (χ2n) is 6.27. The molecule has 0 aliphatic carbocycles. The lowest BCUT2D eigenvalue weighted by molar-refractivity contribution is -0.140. The average molecular weight is 308 g/mol. The lowest BCUT2D eigenvalue weighted by Crippen LogP contribution is -2.63. The Bertz CT molecular complexity index is 525. The summed E-state index contributed by atoms with van der Waals surface area (Å²) in [6.07, 6.45) is 2.45. The van der Waals surface area contributed by atoms with E-state index in [9.17, 15) is 4.79 Å². The van der Waals surface area contributed by atoms with E-state index in [0.717, 1.165) is 51.5 Å². The van der Waals surface area contributed by atoms with Crippen LogP contribution in [0, 0.1) is 6.92 Å². The molecule has 22 heavy (non-hydrogen) atoms. The van der Waals surface area contributed by atoms with Gasteiger partial charge in [0.25, 0.3) is 0 Å². The number of carbonyl (C=O) groups is 1. The average Bonchev–Trinajstić information content (AvgIpc) is 2.94. The summed E-state index contributed by atoms with van der Waals surface area (Å²) in [5.41, 5.74) is 0.0941. The number of rotatable bonds is 3. The van der Waals surface area contributed by atoms with Gasteiger partial charge in [0.1, 0.15) is 5.82 Å². The molecule has 2 saturated heterocycles. The molecule has 0 aromatic carbocycles. The van der Waals surface area contributed by atoms with Gasteiger partial charge in [-0.25, -0.2) is 4.68 Å². The first kappa shape index (κ1) is 15.4. The molecule has 3 rings (SSSR count). The lowest BCUT2D eigenvalue weighted by atomic mass is 9.86. The molecule has 0 saturated carbocycles. The van der Waals surface area contributed by atoms with Crippen molar-refractivity contribution in [3.63, 3.8) is 0 Å². The smallest absolute Gasteiger partial charge is 0.224 e. The number of nitrogens with zero attached hydrogens (tertiary/aromatic N) is 6. The summed E-state index contributed by atoms with van der Waals surface area (Å²) in [5.74, 6) is 0.931. The van der Waals surface area contributed by atoms with Crippen molar-refractivity contribution in [3.8, 4) is 0 Å². The van der Waals surface area contributed by atoms with E-state index in [1.165, 1.54) is 0 Å². The molecular formula is C14H24N6O2. The van der Waals surface area contributed by atoms with E-state index >= 15 is 0 Å². The highest BCUT2D eigenvalue weighted by Crippen LogP contribution is 2.30. The van der Waals surface area contributed by atoms with Crippen LogP contribution >= 0.6 is 0 Å². The Morgan fingerprint density at radius 1 is 1.32 bits per heavy atom. The Labute approximate surface area is 130 Å². The fourth-order valence-corrected chi connectivity index (χ4v) is 3.38. The third-order valence-electron chi connectivity index (χ3n) is 5.02. The minimum atomic E-state index is 0.0941. The molecule has 1 spiro atoms. The van der Waals surface area contributed by atoms with Gasteiger partial charge in [0.05, 0.1) is 6.54 Å². The van der Waals surface area contributed by atoms with E-state index in [-0.39, 0.29) is 11.4 Å². The van der Waals surface area contributed by atoms with Crippen LogP contribution in [0.3, 0.4) is 0 Å². The van der Waals surface area contributed by atoms with E-state index < -0.39 is 0 Å². The fraction of sp³-hybridized carbons (Fsp3) is 0.857. The maximum Gasteiger partial charge on any atom is 0.224 e. The van der Waals surface area contributed by atoms with E-state index in [2.05, 4.69) is 27.5 Å². The number of hydrogen-bond acceptors (Lipinski definition) is 6. The summed E-state index contributed by atoms with van der Waals surface area (Å²) in [5, 5.41) is 11.3. The largest absolute Gasteiger partial charge is 0.381 e. The van der Waals surface area contributed by atoms with Gasteiger partial charge in [-0.3, -0.25) is 9.69 Å². The Kier molecular flexibility index (Phi) is 4.39. The number of amides is 1. The zero-order valence-electron chi connectivity index (χ0n) is 13.4. The number of tetrazole rings is 1. The lowest BCUT2D eigenvalue weighted by Gasteiger charge is -2.51. The van der Waals surface area contributed by atoms with Crippen LogP contribution < -0.4 is 0 Å². The SMILES string of the molecule is Cc1nnnn1CCC(=O)N1CCN(C)C2(CCOCC2)C1. The maximum absolute atomic E-state index is 12.5. The van der Waals surface area contributed by atoms with Crippen molar-refractivity contribution in [2.75, 3.05) is 39.9 Å². The van der Waals surface area contributed by atoms with Crippen molar-refractivity contribution in [2.24, 2.45) is 0 Å². The van der Waals surface area contributed by atoms with Crippen molar-refractivity contribution in [3.05, 3.63) is 5.82 Å². The van der Waals surface area contributed by atoms with Crippen LogP contribution in [0.15, 0.2) is 0 Å². The molecule has 0 radical (unpaired) electrons. The molecule has 1 amide bonds. The van der Waals surface area contributed by atoms with Crippen molar-refractivity contribution in [1.82, 2.24) is 30.0 Å². The first-order valence-electron chi connectivity index (χ1n) is 7.90. The number of piperazine rings is 1. The molecule has 3 heterocycles. The number of aromatic nitrogens is 4. The van der Waals surface area contributed by atoms with Gasteiger partial charge >= 0.3 is 0 Å². The molecule has 1 aromatic rings. The third kappa shape index (κ3) is 2.98. The topological polar surface area (TPSA) is 76.4 Å². The number of carbonyl (C=O) groups excluding carboxylic acids is 1.